The van der Waals surface area contributed by atoms with Crippen LogP contribution in [0.15, 0.2) is 29.4 Å². The monoisotopic (exact) mass is 191 g/mol. The third-order valence-electron chi connectivity index (χ3n) is 2.46. The highest BCUT2D eigenvalue weighted by Gasteiger charge is 2.32. The summed E-state index contributed by atoms with van der Waals surface area (Å²) in [5.41, 5.74) is 1.92. The van der Waals surface area contributed by atoms with Gasteiger partial charge < -0.3 is 10.3 Å². The minimum Gasteiger partial charge on any atom is -0.481 e. The Hall–Kier alpha value is -1.84. The van der Waals surface area contributed by atoms with Gasteiger partial charge in [0.15, 0.2) is 0 Å². The van der Waals surface area contributed by atoms with Crippen molar-refractivity contribution >= 4 is 11.7 Å². The molecule has 1 aromatic rings. The number of hydrogen-bond acceptors (Lipinski definition) is 3. The summed E-state index contributed by atoms with van der Waals surface area (Å²) in [4.78, 5) is 10.9. The third-order valence-corrected chi connectivity index (χ3v) is 2.46. The van der Waals surface area contributed by atoms with Crippen LogP contribution < -0.4 is 0 Å². The van der Waals surface area contributed by atoms with E-state index in [2.05, 4.69) is 5.16 Å². The quantitative estimate of drug-likeness (QED) is 0.521. The van der Waals surface area contributed by atoms with Gasteiger partial charge in [0.1, 0.15) is 0 Å². The zero-order chi connectivity index (χ0) is 10.1. The van der Waals surface area contributed by atoms with Crippen molar-refractivity contribution in [1.82, 2.24) is 0 Å². The van der Waals surface area contributed by atoms with Gasteiger partial charge in [0, 0.05) is 12.0 Å². The maximum Gasteiger partial charge on any atom is 0.311 e. The summed E-state index contributed by atoms with van der Waals surface area (Å²) >= 11 is 0. The van der Waals surface area contributed by atoms with Gasteiger partial charge in [0.05, 0.1) is 11.6 Å². The topological polar surface area (TPSA) is 69.9 Å². The van der Waals surface area contributed by atoms with Crippen molar-refractivity contribution in [2.24, 2.45) is 5.16 Å². The van der Waals surface area contributed by atoms with Crippen LogP contribution >= 0.6 is 0 Å². The van der Waals surface area contributed by atoms with Gasteiger partial charge in [-0.1, -0.05) is 29.4 Å². The van der Waals surface area contributed by atoms with Gasteiger partial charge in [-0.15, -0.1) is 0 Å². The molecule has 72 valence electrons. The summed E-state index contributed by atoms with van der Waals surface area (Å²) in [6.45, 7) is 0. The van der Waals surface area contributed by atoms with Crippen LogP contribution in [0.4, 0.5) is 0 Å². The molecule has 1 unspecified atom stereocenters. The van der Waals surface area contributed by atoms with E-state index in [0.29, 0.717) is 5.71 Å². The van der Waals surface area contributed by atoms with Crippen LogP contribution in [-0.4, -0.2) is 22.0 Å². The first-order valence-electron chi connectivity index (χ1n) is 4.27. The number of carboxylic acid groups (broad SMARTS) is 1. The number of benzene rings is 1. The van der Waals surface area contributed by atoms with E-state index in [0.717, 1.165) is 11.1 Å². The predicted molar refractivity (Wildman–Crippen MR) is 49.8 cm³/mol. The van der Waals surface area contributed by atoms with E-state index in [1.807, 2.05) is 0 Å². The molecule has 0 saturated heterocycles. The maximum atomic E-state index is 10.9. The normalized spacial score (nSPS) is 22.3. The number of hydrogen-bond donors (Lipinski definition) is 2. The zero-order valence-corrected chi connectivity index (χ0v) is 7.34. The molecule has 0 radical (unpaired) electrons. The molecule has 0 fully saturated rings. The number of oxime groups is 1. The van der Waals surface area contributed by atoms with Crippen LogP contribution in [0.2, 0.25) is 0 Å². The Morgan fingerprint density at radius 2 is 2.14 bits per heavy atom. The van der Waals surface area contributed by atoms with Gasteiger partial charge in [-0.05, 0) is 5.56 Å². The number of carbonyl (C=O) groups is 1. The van der Waals surface area contributed by atoms with Crippen molar-refractivity contribution in [3.8, 4) is 0 Å². The van der Waals surface area contributed by atoms with Gasteiger partial charge in [-0.3, -0.25) is 4.79 Å². The number of nitrogens with zero attached hydrogens (tertiary/aromatic N) is 1. The van der Waals surface area contributed by atoms with E-state index in [9.17, 15) is 4.79 Å². The maximum absolute atomic E-state index is 10.9. The average molecular weight is 191 g/mol. The minimum absolute atomic E-state index is 0.269. The number of aliphatic carboxylic acids is 1. The molecule has 0 amide bonds. The second-order valence-electron chi connectivity index (χ2n) is 3.23. The van der Waals surface area contributed by atoms with Gasteiger partial charge >= 0.3 is 5.97 Å². The van der Waals surface area contributed by atoms with Crippen LogP contribution in [0.25, 0.3) is 0 Å². The smallest absolute Gasteiger partial charge is 0.311 e. The van der Waals surface area contributed by atoms with E-state index in [1.165, 1.54) is 0 Å². The Kier molecular flexibility index (Phi) is 1.96. The van der Waals surface area contributed by atoms with E-state index in [1.54, 1.807) is 24.3 Å². The van der Waals surface area contributed by atoms with Crippen molar-refractivity contribution in [2.45, 2.75) is 12.3 Å². The molecule has 4 heteroatoms. The number of rotatable bonds is 1. The largest absolute Gasteiger partial charge is 0.481 e. The molecule has 0 saturated carbocycles. The first-order valence-corrected chi connectivity index (χ1v) is 4.27. The van der Waals surface area contributed by atoms with E-state index < -0.39 is 11.9 Å². The van der Waals surface area contributed by atoms with E-state index in [4.69, 9.17) is 10.3 Å². The third kappa shape index (κ3) is 1.16. The molecule has 0 aliphatic heterocycles. The van der Waals surface area contributed by atoms with Crippen LogP contribution in [0, 0.1) is 0 Å². The summed E-state index contributed by atoms with van der Waals surface area (Å²) < 4.78 is 0. The van der Waals surface area contributed by atoms with Gasteiger partial charge in [-0.2, -0.15) is 0 Å². The standard InChI is InChI=1S/C10H9NO3/c12-10(13)8-5-9(11-14)7-4-2-1-3-6(7)8/h1-4,8,14H,5H2,(H,12,13). The lowest BCUT2D eigenvalue weighted by atomic mass is 10.0. The fraction of sp³-hybridized carbons (Fsp3) is 0.200. The fourth-order valence-electron chi connectivity index (χ4n) is 1.79. The van der Waals surface area contributed by atoms with Gasteiger partial charge in [0.2, 0.25) is 0 Å². The molecule has 1 aromatic carbocycles. The number of fused-ring (bicyclic) bond motifs is 1. The van der Waals surface area contributed by atoms with Crippen molar-refractivity contribution in [3.63, 3.8) is 0 Å². The fourth-order valence-corrected chi connectivity index (χ4v) is 1.79. The first-order chi connectivity index (χ1) is 6.74. The van der Waals surface area contributed by atoms with Crippen LogP contribution in [0.1, 0.15) is 23.5 Å². The predicted octanol–water partition coefficient (Wildman–Crippen LogP) is 1.44. The summed E-state index contributed by atoms with van der Waals surface area (Å²) in [6, 6.07) is 7.11. The molecule has 1 aliphatic carbocycles. The summed E-state index contributed by atoms with van der Waals surface area (Å²) in [5, 5.41) is 20.8. The molecule has 4 nitrogen and oxygen atoms in total. The molecular formula is C10H9NO3. The second-order valence-corrected chi connectivity index (χ2v) is 3.23. The van der Waals surface area contributed by atoms with Gasteiger partial charge in [-0.25, -0.2) is 0 Å². The van der Waals surface area contributed by atoms with Crippen LogP contribution in [0.3, 0.4) is 0 Å². The lowest BCUT2D eigenvalue weighted by Gasteiger charge is -2.02. The van der Waals surface area contributed by atoms with Crippen LogP contribution in [-0.2, 0) is 4.79 Å². The molecule has 0 bridgehead atoms. The average Bonchev–Trinajstić information content (AvgIpc) is 2.56. The minimum atomic E-state index is -0.879. The molecule has 0 heterocycles. The molecule has 0 aromatic heterocycles. The lowest BCUT2D eigenvalue weighted by Crippen LogP contribution is -2.08. The molecule has 2 N–H and O–H groups in total. The lowest BCUT2D eigenvalue weighted by molar-refractivity contribution is -0.138. The molecule has 1 aliphatic rings. The van der Waals surface area contributed by atoms with Crippen molar-refractivity contribution in [1.29, 1.82) is 0 Å². The second kappa shape index (κ2) is 3.14. The Balaban J connectivity index is 2.54. The highest BCUT2D eigenvalue weighted by Crippen LogP contribution is 2.33. The van der Waals surface area contributed by atoms with Crippen LogP contribution in [0.5, 0.6) is 0 Å². The van der Waals surface area contributed by atoms with E-state index >= 15 is 0 Å². The Morgan fingerprint density at radius 3 is 2.79 bits per heavy atom. The summed E-state index contributed by atoms with van der Waals surface area (Å²) in [7, 11) is 0. The highest BCUT2D eigenvalue weighted by atomic mass is 16.4. The van der Waals surface area contributed by atoms with Gasteiger partial charge in [0.25, 0.3) is 0 Å². The molecule has 1 atom stereocenters. The Bertz CT molecular complexity index is 412. The Morgan fingerprint density at radius 1 is 1.43 bits per heavy atom. The molecule has 14 heavy (non-hydrogen) atoms. The first kappa shape index (κ1) is 8.74. The van der Waals surface area contributed by atoms with Crippen molar-refractivity contribution in [3.05, 3.63) is 35.4 Å². The zero-order valence-electron chi connectivity index (χ0n) is 7.34. The summed E-state index contributed by atoms with van der Waals surface area (Å²) in [6.07, 6.45) is 0.269. The highest BCUT2D eigenvalue weighted by molar-refractivity contribution is 6.08. The van der Waals surface area contributed by atoms with E-state index in [-0.39, 0.29) is 6.42 Å². The Labute approximate surface area is 80.5 Å². The SMILES string of the molecule is O=C(O)C1CC(=NO)c2ccccc21. The van der Waals surface area contributed by atoms with Crippen molar-refractivity contribution < 1.29 is 15.1 Å². The molecule has 0 spiro atoms. The van der Waals surface area contributed by atoms with Crippen molar-refractivity contribution in [2.75, 3.05) is 0 Å². The molecular weight excluding hydrogens is 182 g/mol. The molecule has 2 rings (SSSR count). The number of carboxylic acids is 1. The summed E-state index contributed by atoms with van der Waals surface area (Å²) in [5.74, 6) is -1.45.